The van der Waals surface area contributed by atoms with Gasteiger partial charge >= 0.3 is 0 Å². The molecule has 0 bridgehead atoms. The van der Waals surface area contributed by atoms with E-state index < -0.39 is 0 Å². The predicted molar refractivity (Wildman–Crippen MR) is 85.4 cm³/mol. The zero-order valence-electron chi connectivity index (χ0n) is 13.5. The predicted octanol–water partition coefficient (Wildman–Crippen LogP) is 1.69. The number of nitrogens with zero attached hydrogens (tertiary/aromatic N) is 5. The van der Waals surface area contributed by atoms with E-state index >= 15 is 0 Å². The summed E-state index contributed by atoms with van der Waals surface area (Å²) in [5.41, 5.74) is 1.53. The first-order valence-electron chi connectivity index (χ1n) is 7.96. The van der Waals surface area contributed by atoms with Gasteiger partial charge in [-0.25, -0.2) is 9.97 Å². The van der Waals surface area contributed by atoms with Crippen LogP contribution in [0.1, 0.15) is 35.2 Å². The van der Waals surface area contributed by atoms with Crippen molar-refractivity contribution in [2.45, 2.75) is 26.7 Å². The fourth-order valence-electron chi connectivity index (χ4n) is 2.67. The molecule has 1 saturated heterocycles. The van der Waals surface area contributed by atoms with Crippen LogP contribution in [0.4, 0.5) is 5.95 Å². The summed E-state index contributed by atoms with van der Waals surface area (Å²) in [6, 6.07) is 1.67. The number of carbonyl (C=O) groups is 1. The molecule has 0 unspecified atom stereocenters. The highest BCUT2D eigenvalue weighted by atomic mass is 16.5. The molecule has 1 aliphatic rings. The molecule has 23 heavy (non-hydrogen) atoms. The van der Waals surface area contributed by atoms with Gasteiger partial charge in [0.05, 0.1) is 0 Å². The van der Waals surface area contributed by atoms with Crippen molar-refractivity contribution in [3.05, 3.63) is 35.5 Å². The van der Waals surface area contributed by atoms with Crippen LogP contribution in [0.2, 0.25) is 0 Å². The normalized spacial score (nSPS) is 15.0. The van der Waals surface area contributed by atoms with E-state index in [1.54, 1.807) is 17.9 Å². The molecule has 3 rings (SSSR count). The molecule has 122 valence electrons. The van der Waals surface area contributed by atoms with Gasteiger partial charge in [-0.3, -0.25) is 4.79 Å². The second kappa shape index (κ2) is 6.76. The lowest BCUT2D eigenvalue weighted by Gasteiger charge is -2.34. The van der Waals surface area contributed by atoms with Crippen LogP contribution in [0, 0.1) is 6.92 Å². The Kier molecular flexibility index (Phi) is 4.55. The summed E-state index contributed by atoms with van der Waals surface area (Å²) in [6.45, 7) is 6.61. The van der Waals surface area contributed by atoms with Gasteiger partial charge in [-0.15, -0.1) is 0 Å². The molecule has 7 nitrogen and oxygen atoms in total. The minimum absolute atomic E-state index is 0.0827. The van der Waals surface area contributed by atoms with Crippen molar-refractivity contribution in [3.63, 3.8) is 0 Å². The SMILES string of the molecule is CCCc1cnc(N2CCN(C(=O)c3cc(C)on3)CC2)nc1. The third kappa shape index (κ3) is 3.49. The second-order valence-electron chi connectivity index (χ2n) is 5.74. The molecule has 0 aromatic carbocycles. The van der Waals surface area contributed by atoms with E-state index in [1.807, 2.05) is 12.4 Å². The van der Waals surface area contributed by atoms with E-state index in [4.69, 9.17) is 4.52 Å². The molecule has 7 heteroatoms. The Balaban J connectivity index is 1.58. The summed E-state index contributed by atoms with van der Waals surface area (Å²) in [4.78, 5) is 25.1. The molecule has 1 fully saturated rings. The van der Waals surface area contributed by atoms with Crippen LogP contribution in [0.15, 0.2) is 23.0 Å². The molecule has 2 aromatic rings. The first-order valence-corrected chi connectivity index (χ1v) is 7.96. The summed E-state index contributed by atoms with van der Waals surface area (Å²) < 4.78 is 4.97. The van der Waals surface area contributed by atoms with Crippen LogP contribution < -0.4 is 4.90 Å². The van der Waals surface area contributed by atoms with Gasteiger partial charge in [-0.1, -0.05) is 18.5 Å². The van der Waals surface area contributed by atoms with Crippen molar-refractivity contribution in [2.75, 3.05) is 31.1 Å². The molecule has 0 aliphatic carbocycles. The van der Waals surface area contributed by atoms with Crippen molar-refractivity contribution in [2.24, 2.45) is 0 Å². The van der Waals surface area contributed by atoms with Crippen LogP contribution in [0.25, 0.3) is 0 Å². The lowest BCUT2D eigenvalue weighted by molar-refractivity contribution is 0.0735. The Labute approximate surface area is 135 Å². The molecule has 1 amide bonds. The van der Waals surface area contributed by atoms with E-state index in [9.17, 15) is 4.79 Å². The molecular weight excluding hydrogens is 294 g/mol. The number of hydrogen-bond acceptors (Lipinski definition) is 6. The standard InChI is InChI=1S/C16H21N5O2/c1-3-4-13-10-17-16(18-11-13)21-7-5-20(6-8-21)15(22)14-9-12(2)23-19-14/h9-11H,3-8H2,1-2H3. The fourth-order valence-corrected chi connectivity index (χ4v) is 2.67. The molecule has 1 aliphatic heterocycles. The summed E-state index contributed by atoms with van der Waals surface area (Å²) in [5, 5.41) is 3.79. The minimum Gasteiger partial charge on any atom is -0.361 e. The number of anilines is 1. The molecule has 0 atom stereocenters. The van der Waals surface area contributed by atoms with Gasteiger partial charge in [0, 0.05) is 44.6 Å². The van der Waals surface area contributed by atoms with Crippen LogP contribution in [-0.4, -0.2) is 52.1 Å². The van der Waals surface area contributed by atoms with E-state index in [0.717, 1.165) is 37.4 Å². The summed E-state index contributed by atoms with van der Waals surface area (Å²) in [7, 11) is 0. The zero-order valence-corrected chi connectivity index (χ0v) is 13.5. The van der Waals surface area contributed by atoms with Gasteiger partial charge in [-0.2, -0.15) is 0 Å². The third-order valence-electron chi connectivity index (χ3n) is 3.93. The van der Waals surface area contributed by atoms with Crippen molar-refractivity contribution >= 4 is 11.9 Å². The molecular formula is C16H21N5O2. The number of piperazine rings is 1. The van der Waals surface area contributed by atoms with E-state index in [0.29, 0.717) is 24.5 Å². The molecule has 0 spiro atoms. The van der Waals surface area contributed by atoms with E-state index in [1.165, 1.54) is 0 Å². The van der Waals surface area contributed by atoms with Gasteiger partial charge in [0.2, 0.25) is 5.95 Å². The van der Waals surface area contributed by atoms with Gasteiger partial charge in [-0.05, 0) is 18.9 Å². The summed E-state index contributed by atoms with van der Waals surface area (Å²) in [6.07, 6.45) is 5.87. The number of aromatic nitrogens is 3. The Bertz CT molecular complexity index is 659. The maximum absolute atomic E-state index is 12.3. The number of rotatable bonds is 4. The lowest BCUT2D eigenvalue weighted by atomic mass is 10.2. The van der Waals surface area contributed by atoms with Crippen molar-refractivity contribution in [1.82, 2.24) is 20.0 Å². The third-order valence-corrected chi connectivity index (χ3v) is 3.93. The zero-order chi connectivity index (χ0) is 16.2. The average Bonchev–Trinajstić information content (AvgIpc) is 3.02. The second-order valence-corrected chi connectivity index (χ2v) is 5.74. The highest BCUT2D eigenvalue weighted by Gasteiger charge is 2.25. The largest absolute Gasteiger partial charge is 0.361 e. The van der Waals surface area contributed by atoms with Crippen LogP contribution in [0.3, 0.4) is 0 Å². The van der Waals surface area contributed by atoms with Crippen LogP contribution in [0.5, 0.6) is 0 Å². The van der Waals surface area contributed by atoms with Gasteiger partial charge in [0.1, 0.15) is 5.76 Å². The van der Waals surface area contributed by atoms with E-state index in [-0.39, 0.29) is 5.91 Å². The molecule has 0 radical (unpaired) electrons. The topological polar surface area (TPSA) is 75.4 Å². The highest BCUT2D eigenvalue weighted by Crippen LogP contribution is 2.14. The van der Waals surface area contributed by atoms with E-state index in [2.05, 4.69) is 26.9 Å². The van der Waals surface area contributed by atoms with Crippen molar-refractivity contribution < 1.29 is 9.32 Å². The Morgan fingerprint density at radius 3 is 2.48 bits per heavy atom. The van der Waals surface area contributed by atoms with Gasteiger partial charge < -0.3 is 14.3 Å². The number of carbonyl (C=O) groups excluding carboxylic acids is 1. The molecule has 0 N–H and O–H groups in total. The number of amides is 1. The monoisotopic (exact) mass is 315 g/mol. The summed E-state index contributed by atoms with van der Waals surface area (Å²) >= 11 is 0. The molecule has 3 heterocycles. The number of hydrogen-bond donors (Lipinski definition) is 0. The maximum Gasteiger partial charge on any atom is 0.276 e. The quantitative estimate of drug-likeness (QED) is 0.854. The highest BCUT2D eigenvalue weighted by molar-refractivity contribution is 5.92. The number of aryl methyl sites for hydroxylation is 2. The Hall–Kier alpha value is -2.44. The van der Waals surface area contributed by atoms with Crippen LogP contribution >= 0.6 is 0 Å². The Morgan fingerprint density at radius 1 is 1.22 bits per heavy atom. The van der Waals surface area contributed by atoms with Crippen molar-refractivity contribution in [1.29, 1.82) is 0 Å². The lowest BCUT2D eigenvalue weighted by Crippen LogP contribution is -2.49. The first kappa shape index (κ1) is 15.5. The molecule has 0 saturated carbocycles. The minimum atomic E-state index is -0.0827. The van der Waals surface area contributed by atoms with Crippen LogP contribution in [-0.2, 0) is 6.42 Å². The fraction of sp³-hybridized carbons (Fsp3) is 0.500. The van der Waals surface area contributed by atoms with Gasteiger partial charge in [0.15, 0.2) is 5.69 Å². The first-order chi connectivity index (χ1) is 11.2. The van der Waals surface area contributed by atoms with Crippen molar-refractivity contribution in [3.8, 4) is 0 Å². The summed E-state index contributed by atoms with van der Waals surface area (Å²) in [5.74, 6) is 1.29. The smallest absolute Gasteiger partial charge is 0.276 e. The Morgan fingerprint density at radius 2 is 1.91 bits per heavy atom. The maximum atomic E-state index is 12.3. The van der Waals surface area contributed by atoms with Gasteiger partial charge in [0.25, 0.3) is 5.91 Å². The average molecular weight is 315 g/mol. The molecule has 2 aromatic heterocycles.